The molecule has 0 aromatic carbocycles. The highest BCUT2D eigenvalue weighted by molar-refractivity contribution is 7.23. The molecule has 6 heterocycles. The molecule has 4 aliphatic heterocycles. The number of nitrogens with one attached hydrogen (secondary N) is 2. The zero-order valence-electron chi connectivity index (χ0n) is 16.0. The van der Waals surface area contributed by atoms with Crippen molar-refractivity contribution in [3.05, 3.63) is 24.0 Å². The molecule has 2 N–H and O–H groups in total. The molecule has 2 amide bonds. The van der Waals surface area contributed by atoms with Gasteiger partial charge in [0, 0.05) is 41.5 Å². The van der Waals surface area contributed by atoms with Gasteiger partial charge >= 0.3 is 0 Å². The van der Waals surface area contributed by atoms with Crippen molar-refractivity contribution in [2.45, 2.75) is 31.8 Å². The summed E-state index contributed by atoms with van der Waals surface area (Å²) in [6.07, 6.45) is 4.07. The number of fused-ring (bicyclic) bond motifs is 4. The summed E-state index contributed by atoms with van der Waals surface area (Å²) in [6.45, 7) is 6.34. The summed E-state index contributed by atoms with van der Waals surface area (Å²) >= 11 is 1.55. The van der Waals surface area contributed by atoms with Gasteiger partial charge in [-0.1, -0.05) is 0 Å². The first-order valence-electron chi connectivity index (χ1n) is 10.1. The summed E-state index contributed by atoms with van der Waals surface area (Å²) in [4.78, 5) is 33.7. The molecule has 2 bridgehead atoms. The fourth-order valence-electron chi connectivity index (χ4n) is 4.79. The van der Waals surface area contributed by atoms with Crippen LogP contribution in [-0.2, 0) is 4.79 Å². The Morgan fingerprint density at radius 1 is 1.29 bits per heavy atom. The lowest BCUT2D eigenvalue weighted by molar-refractivity contribution is -0.118. The fourth-order valence-corrected chi connectivity index (χ4v) is 5.90. The zero-order valence-corrected chi connectivity index (χ0v) is 16.8. The van der Waals surface area contributed by atoms with Gasteiger partial charge in [-0.05, 0) is 50.9 Å². The molecule has 4 fully saturated rings. The largest absolute Gasteiger partial charge is 0.346 e. The lowest BCUT2D eigenvalue weighted by atomic mass is 9.79. The smallest absolute Gasteiger partial charge is 0.270 e. The minimum Gasteiger partial charge on any atom is -0.346 e. The van der Waals surface area contributed by atoms with Gasteiger partial charge in [0.05, 0.1) is 11.5 Å². The maximum Gasteiger partial charge on any atom is 0.270 e. The topological polar surface area (TPSA) is 77.6 Å². The summed E-state index contributed by atoms with van der Waals surface area (Å²) in [5.74, 6) is 0.556. The maximum absolute atomic E-state index is 12.9. The highest BCUT2D eigenvalue weighted by Crippen LogP contribution is 2.34. The third-order valence-corrected chi connectivity index (χ3v) is 7.57. The van der Waals surface area contributed by atoms with E-state index >= 15 is 0 Å². The molecule has 2 aromatic rings. The number of piperazine rings is 1. The predicted molar refractivity (Wildman–Crippen MR) is 110 cm³/mol. The highest BCUT2D eigenvalue weighted by Gasteiger charge is 2.40. The molecule has 0 saturated carbocycles. The number of carbonyl (C=O) groups excluding carboxylic acids is 2. The van der Waals surface area contributed by atoms with Gasteiger partial charge in [0.2, 0.25) is 5.91 Å². The Morgan fingerprint density at radius 3 is 2.86 bits per heavy atom. The van der Waals surface area contributed by atoms with Crippen LogP contribution in [0, 0.1) is 5.92 Å². The van der Waals surface area contributed by atoms with Gasteiger partial charge < -0.3 is 15.5 Å². The Balaban J connectivity index is 1.36. The second-order valence-corrected chi connectivity index (χ2v) is 9.09. The lowest BCUT2D eigenvalue weighted by Crippen LogP contribution is -2.62. The first-order chi connectivity index (χ1) is 13.6. The molecule has 148 valence electrons. The number of piperidine rings is 3. The standard InChI is InChI=1S/C20H25N5O2S/c1-12-19(13-2-5-24(12)6-3-13)23-20(27)15-9-16-14(10-22-15)8-18(28-16)25-7-4-21-11-17(25)26/h8-10,12-13,19,21H,2-7,11H2,1H3,(H,23,27)/t12-,19-/m0/s1. The number of aromatic nitrogens is 1. The quantitative estimate of drug-likeness (QED) is 0.817. The zero-order chi connectivity index (χ0) is 19.3. The summed E-state index contributed by atoms with van der Waals surface area (Å²) in [7, 11) is 0. The van der Waals surface area contributed by atoms with Crippen LogP contribution < -0.4 is 15.5 Å². The Morgan fingerprint density at radius 2 is 2.11 bits per heavy atom. The Kier molecular flexibility index (Phi) is 4.57. The van der Waals surface area contributed by atoms with Crippen LogP contribution in [0.5, 0.6) is 0 Å². The molecule has 8 heteroatoms. The van der Waals surface area contributed by atoms with E-state index in [4.69, 9.17) is 0 Å². The minimum absolute atomic E-state index is 0.0834. The van der Waals surface area contributed by atoms with Gasteiger partial charge in [0.25, 0.3) is 5.91 Å². The van der Waals surface area contributed by atoms with Crippen LogP contribution >= 0.6 is 11.3 Å². The van der Waals surface area contributed by atoms with Crippen LogP contribution in [0.4, 0.5) is 5.00 Å². The van der Waals surface area contributed by atoms with Crippen LogP contribution in [0.25, 0.3) is 10.1 Å². The normalized spacial score (nSPS) is 30.0. The maximum atomic E-state index is 12.9. The van der Waals surface area contributed by atoms with E-state index in [1.54, 1.807) is 17.5 Å². The van der Waals surface area contributed by atoms with Crippen molar-refractivity contribution in [2.75, 3.05) is 37.6 Å². The van der Waals surface area contributed by atoms with E-state index in [-0.39, 0.29) is 17.9 Å². The molecule has 0 spiro atoms. The molecule has 0 aliphatic carbocycles. The minimum atomic E-state index is -0.0966. The number of rotatable bonds is 3. The summed E-state index contributed by atoms with van der Waals surface area (Å²) in [5.41, 5.74) is 0.455. The number of amides is 2. The number of thiophene rings is 1. The first-order valence-corrected chi connectivity index (χ1v) is 10.9. The third kappa shape index (κ3) is 3.09. The van der Waals surface area contributed by atoms with Crippen molar-refractivity contribution in [1.29, 1.82) is 0 Å². The van der Waals surface area contributed by atoms with Crippen LogP contribution in [0.1, 0.15) is 30.3 Å². The average molecular weight is 400 g/mol. The number of hydrogen-bond donors (Lipinski definition) is 2. The van der Waals surface area contributed by atoms with E-state index in [0.29, 0.717) is 30.7 Å². The van der Waals surface area contributed by atoms with Crippen molar-refractivity contribution in [3.63, 3.8) is 0 Å². The molecule has 0 radical (unpaired) electrons. The highest BCUT2D eigenvalue weighted by atomic mass is 32.1. The molecular weight excluding hydrogens is 374 g/mol. The SMILES string of the molecule is C[C@H]1[C@H](NC(=O)c2cc3sc(N4CCNCC4=O)cc3cn2)C2CCN1CC2. The number of hydrogen-bond acceptors (Lipinski definition) is 6. The monoisotopic (exact) mass is 399 g/mol. The summed E-state index contributed by atoms with van der Waals surface area (Å²) in [5, 5.41) is 8.23. The molecule has 2 atom stereocenters. The molecule has 4 saturated heterocycles. The Bertz CT molecular complexity index is 918. The van der Waals surface area contributed by atoms with E-state index in [0.717, 1.165) is 47.6 Å². The van der Waals surface area contributed by atoms with Crippen molar-refractivity contribution in [2.24, 2.45) is 5.92 Å². The first kappa shape index (κ1) is 18.0. The lowest BCUT2D eigenvalue weighted by Gasteiger charge is -2.49. The predicted octanol–water partition coefficient (Wildman–Crippen LogP) is 1.44. The summed E-state index contributed by atoms with van der Waals surface area (Å²) < 4.78 is 0.989. The van der Waals surface area contributed by atoms with Gasteiger partial charge in [0.15, 0.2) is 0 Å². The van der Waals surface area contributed by atoms with E-state index < -0.39 is 0 Å². The van der Waals surface area contributed by atoms with E-state index in [1.807, 2.05) is 17.0 Å². The van der Waals surface area contributed by atoms with Crippen LogP contribution in [-0.4, -0.2) is 66.5 Å². The van der Waals surface area contributed by atoms with Crippen molar-refractivity contribution in [1.82, 2.24) is 20.5 Å². The van der Waals surface area contributed by atoms with E-state index in [1.165, 1.54) is 0 Å². The molecule has 7 nitrogen and oxygen atoms in total. The Labute approximate surface area is 168 Å². The van der Waals surface area contributed by atoms with Crippen LogP contribution in [0.2, 0.25) is 0 Å². The van der Waals surface area contributed by atoms with Crippen molar-refractivity contribution >= 4 is 38.2 Å². The molecule has 2 aromatic heterocycles. The van der Waals surface area contributed by atoms with Crippen LogP contribution in [0.3, 0.4) is 0 Å². The molecule has 6 rings (SSSR count). The van der Waals surface area contributed by atoms with Gasteiger partial charge in [-0.15, -0.1) is 11.3 Å². The van der Waals surface area contributed by atoms with Gasteiger partial charge in [-0.25, -0.2) is 0 Å². The van der Waals surface area contributed by atoms with E-state index in [2.05, 4.69) is 27.4 Å². The second kappa shape index (κ2) is 7.09. The number of carbonyl (C=O) groups is 2. The third-order valence-electron chi connectivity index (χ3n) is 6.45. The fraction of sp³-hybridized carbons (Fsp3) is 0.550. The molecule has 4 aliphatic rings. The van der Waals surface area contributed by atoms with Gasteiger partial charge in [-0.2, -0.15) is 0 Å². The second-order valence-electron chi connectivity index (χ2n) is 8.03. The molecule has 28 heavy (non-hydrogen) atoms. The average Bonchev–Trinajstić information content (AvgIpc) is 3.14. The molecule has 0 unspecified atom stereocenters. The Hall–Kier alpha value is -2.03. The van der Waals surface area contributed by atoms with E-state index in [9.17, 15) is 9.59 Å². The van der Waals surface area contributed by atoms with Crippen molar-refractivity contribution < 1.29 is 9.59 Å². The number of nitrogens with zero attached hydrogens (tertiary/aromatic N) is 3. The molecular formula is C20H25N5O2S. The number of pyridine rings is 1. The van der Waals surface area contributed by atoms with Crippen LogP contribution in [0.15, 0.2) is 18.3 Å². The number of anilines is 1. The summed E-state index contributed by atoms with van der Waals surface area (Å²) in [6, 6.07) is 4.43. The van der Waals surface area contributed by atoms with Crippen molar-refractivity contribution in [3.8, 4) is 0 Å². The van der Waals surface area contributed by atoms with Gasteiger partial charge in [-0.3, -0.25) is 19.5 Å². The van der Waals surface area contributed by atoms with Gasteiger partial charge in [0.1, 0.15) is 5.69 Å².